The van der Waals surface area contributed by atoms with Crippen LogP contribution in [0.25, 0.3) is 5.57 Å². The first-order valence-corrected chi connectivity index (χ1v) is 8.01. The molecule has 0 saturated heterocycles. The first-order valence-electron chi connectivity index (χ1n) is 8.01. The Balaban J connectivity index is 2.61. The highest BCUT2D eigenvalue weighted by atomic mass is 16.5. The fourth-order valence-corrected chi connectivity index (χ4v) is 2.33. The predicted octanol–water partition coefficient (Wildman–Crippen LogP) is 5.72. The molecule has 2 rings (SSSR count). The van der Waals surface area contributed by atoms with Crippen LogP contribution in [0.1, 0.15) is 38.8 Å². The normalized spacial score (nSPS) is 13.8. The molecule has 0 spiro atoms. The summed E-state index contributed by atoms with van der Waals surface area (Å²) in [6.45, 7) is 8.64. The minimum atomic E-state index is -0.387. The molecule has 0 amide bonds. The van der Waals surface area contributed by atoms with Crippen molar-refractivity contribution in [3.8, 4) is 0 Å². The minimum Gasteiger partial charge on any atom is -0.373 e. The standard InChI is InChI=1S/C22H26O/c1-21(2,3)22(4,23-5)17-16-20(18-12-8-6-9-13-18)19-14-10-7-11-15-19/h6-15,17H,1-5H3. The third-order valence-corrected chi connectivity index (χ3v) is 4.53. The van der Waals surface area contributed by atoms with Crippen molar-refractivity contribution < 1.29 is 4.74 Å². The van der Waals surface area contributed by atoms with Gasteiger partial charge in [0.2, 0.25) is 0 Å². The third kappa shape index (κ3) is 4.01. The van der Waals surface area contributed by atoms with E-state index in [1.54, 1.807) is 7.11 Å². The Labute approximate surface area is 140 Å². The van der Waals surface area contributed by atoms with Crippen molar-refractivity contribution in [1.82, 2.24) is 0 Å². The lowest BCUT2D eigenvalue weighted by Crippen LogP contribution is -2.39. The van der Waals surface area contributed by atoms with Gasteiger partial charge in [-0.2, -0.15) is 0 Å². The van der Waals surface area contributed by atoms with E-state index in [1.807, 2.05) is 12.1 Å². The van der Waals surface area contributed by atoms with Crippen molar-refractivity contribution >= 4 is 5.57 Å². The summed E-state index contributed by atoms with van der Waals surface area (Å²) in [7, 11) is 1.76. The Morgan fingerprint density at radius 2 is 1.26 bits per heavy atom. The predicted molar refractivity (Wildman–Crippen MR) is 98.3 cm³/mol. The fourth-order valence-electron chi connectivity index (χ4n) is 2.33. The van der Waals surface area contributed by atoms with Crippen molar-refractivity contribution in [3.05, 3.63) is 83.6 Å². The molecule has 120 valence electrons. The highest BCUT2D eigenvalue weighted by molar-refractivity contribution is 5.79. The second kappa shape index (κ2) is 7.00. The molecule has 0 bridgehead atoms. The van der Waals surface area contributed by atoms with Gasteiger partial charge in [0, 0.05) is 12.7 Å². The van der Waals surface area contributed by atoms with Crippen molar-refractivity contribution in [1.29, 1.82) is 0 Å². The molecule has 0 fully saturated rings. The van der Waals surface area contributed by atoms with Gasteiger partial charge >= 0.3 is 0 Å². The average molecular weight is 306 g/mol. The van der Waals surface area contributed by atoms with Crippen LogP contribution in [-0.4, -0.2) is 12.7 Å². The Bertz CT molecular complexity index is 644. The fraction of sp³-hybridized carbons (Fsp3) is 0.318. The molecule has 0 aliphatic rings. The maximum absolute atomic E-state index is 5.79. The molecule has 0 radical (unpaired) electrons. The van der Waals surface area contributed by atoms with Gasteiger partial charge in [-0.3, -0.25) is 0 Å². The summed E-state index contributed by atoms with van der Waals surface area (Å²) in [6, 6.07) is 20.7. The molecule has 0 aromatic heterocycles. The van der Waals surface area contributed by atoms with Crippen LogP contribution in [-0.2, 0) is 4.74 Å². The van der Waals surface area contributed by atoms with E-state index in [0.717, 1.165) is 16.7 Å². The average Bonchev–Trinajstić information content (AvgIpc) is 2.55. The smallest absolute Gasteiger partial charge is 0.0952 e. The zero-order valence-electron chi connectivity index (χ0n) is 14.8. The van der Waals surface area contributed by atoms with E-state index >= 15 is 0 Å². The largest absolute Gasteiger partial charge is 0.373 e. The van der Waals surface area contributed by atoms with E-state index in [0.29, 0.717) is 0 Å². The van der Waals surface area contributed by atoms with Gasteiger partial charge in [-0.15, -0.1) is 5.73 Å². The van der Waals surface area contributed by atoms with Gasteiger partial charge in [0.25, 0.3) is 0 Å². The summed E-state index contributed by atoms with van der Waals surface area (Å²) in [6.07, 6.45) is 2.06. The molecule has 0 saturated carbocycles. The number of benzene rings is 2. The molecule has 0 aliphatic carbocycles. The lowest BCUT2D eigenvalue weighted by atomic mass is 9.77. The number of methoxy groups -OCH3 is 1. The number of ether oxygens (including phenoxy) is 1. The second-order valence-electron chi connectivity index (χ2n) is 6.96. The Kier molecular flexibility index (Phi) is 5.26. The molecule has 1 heteroatoms. The first-order chi connectivity index (χ1) is 10.9. The summed E-state index contributed by atoms with van der Waals surface area (Å²) in [5.74, 6) is 0. The van der Waals surface area contributed by atoms with Crippen LogP contribution in [0.2, 0.25) is 0 Å². The first kappa shape index (κ1) is 17.3. The Morgan fingerprint density at radius 1 is 0.826 bits per heavy atom. The summed E-state index contributed by atoms with van der Waals surface area (Å²) in [5.41, 5.74) is 6.50. The molecule has 1 unspecified atom stereocenters. The summed E-state index contributed by atoms with van der Waals surface area (Å²) < 4.78 is 5.79. The summed E-state index contributed by atoms with van der Waals surface area (Å²) in [5, 5.41) is 0. The van der Waals surface area contributed by atoms with E-state index < -0.39 is 0 Å². The zero-order chi connectivity index (χ0) is 16.9. The summed E-state index contributed by atoms with van der Waals surface area (Å²) in [4.78, 5) is 0. The second-order valence-corrected chi connectivity index (χ2v) is 6.96. The van der Waals surface area contributed by atoms with E-state index in [9.17, 15) is 0 Å². The van der Waals surface area contributed by atoms with Crippen LogP contribution in [0.3, 0.4) is 0 Å². The van der Waals surface area contributed by atoms with Crippen molar-refractivity contribution in [3.63, 3.8) is 0 Å². The number of rotatable bonds is 4. The Morgan fingerprint density at radius 3 is 1.61 bits per heavy atom. The molecular formula is C22H26O. The maximum Gasteiger partial charge on any atom is 0.0952 e. The number of hydrogen-bond donors (Lipinski definition) is 0. The molecule has 0 heterocycles. The van der Waals surface area contributed by atoms with Crippen LogP contribution in [0.15, 0.2) is 72.5 Å². The maximum atomic E-state index is 5.79. The van der Waals surface area contributed by atoms with E-state index in [4.69, 9.17) is 4.74 Å². The SMILES string of the molecule is COC(C)(C=C=C(c1ccccc1)c1ccccc1)C(C)(C)C. The van der Waals surface area contributed by atoms with Gasteiger partial charge in [0.15, 0.2) is 0 Å². The Hall–Kier alpha value is -2.08. The van der Waals surface area contributed by atoms with Crippen LogP contribution in [0, 0.1) is 5.41 Å². The van der Waals surface area contributed by atoms with Crippen molar-refractivity contribution in [2.45, 2.75) is 33.3 Å². The van der Waals surface area contributed by atoms with Crippen molar-refractivity contribution in [2.24, 2.45) is 5.41 Å². The molecule has 2 aromatic rings. The van der Waals surface area contributed by atoms with Crippen LogP contribution in [0.5, 0.6) is 0 Å². The highest BCUT2D eigenvalue weighted by Gasteiger charge is 2.35. The van der Waals surface area contributed by atoms with Gasteiger partial charge in [0.1, 0.15) is 0 Å². The van der Waals surface area contributed by atoms with Gasteiger partial charge in [0.05, 0.1) is 5.60 Å². The molecule has 2 aromatic carbocycles. The molecule has 1 nitrogen and oxygen atoms in total. The highest BCUT2D eigenvalue weighted by Crippen LogP contribution is 2.34. The zero-order valence-corrected chi connectivity index (χ0v) is 14.8. The van der Waals surface area contributed by atoms with Gasteiger partial charge in [-0.1, -0.05) is 81.4 Å². The minimum absolute atomic E-state index is 0.0206. The van der Waals surface area contributed by atoms with E-state index in [-0.39, 0.29) is 11.0 Å². The monoisotopic (exact) mass is 306 g/mol. The van der Waals surface area contributed by atoms with Gasteiger partial charge < -0.3 is 4.74 Å². The molecule has 23 heavy (non-hydrogen) atoms. The van der Waals surface area contributed by atoms with Gasteiger partial charge in [-0.25, -0.2) is 0 Å². The third-order valence-electron chi connectivity index (χ3n) is 4.53. The van der Waals surface area contributed by atoms with Gasteiger partial charge in [-0.05, 0) is 29.5 Å². The van der Waals surface area contributed by atoms with Crippen LogP contribution >= 0.6 is 0 Å². The quantitative estimate of drug-likeness (QED) is 0.656. The van der Waals surface area contributed by atoms with E-state index in [1.165, 1.54) is 0 Å². The van der Waals surface area contributed by atoms with E-state index in [2.05, 4.69) is 88.0 Å². The number of hydrogen-bond acceptors (Lipinski definition) is 1. The van der Waals surface area contributed by atoms with Crippen LogP contribution < -0.4 is 0 Å². The molecule has 0 aliphatic heterocycles. The lowest BCUT2D eigenvalue weighted by molar-refractivity contribution is -0.0372. The van der Waals surface area contributed by atoms with Crippen LogP contribution in [0.4, 0.5) is 0 Å². The topological polar surface area (TPSA) is 9.23 Å². The summed E-state index contributed by atoms with van der Waals surface area (Å²) >= 11 is 0. The molecule has 0 N–H and O–H groups in total. The van der Waals surface area contributed by atoms with Crippen molar-refractivity contribution in [2.75, 3.05) is 7.11 Å². The molecular weight excluding hydrogens is 280 g/mol. The lowest BCUT2D eigenvalue weighted by Gasteiger charge is -2.37. The molecule has 1 atom stereocenters.